The Hall–Kier alpha value is -1.10. The summed E-state index contributed by atoms with van der Waals surface area (Å²) in [6.45, 7) is 10.7. The molecule has 5 nitrogen and oxygen atoms in total. The molecule has 0 aromatic carbocycles. The normalized spacial score (nSPS) is 11.0. The summed E-state index contributed by atoms with van der Waals surface area (Å²) in [5.74, 6) is 0.663. The lowest BCUT2D eigenvalue weighted by atomic mass is 10.1. The molecule has 0 aliphatic heterocycles. The lowest BCUT2D eigenvalue weighted by Crippen LogP contribution is -2.29. The zero-order valence-corrected chi connectivity index (χ0v) is 14.8. The van der Waals surface area contributed by atoms with Crippen LogP contribution in [0.4, 0.5) is 0 Å². The summed E-state index contributed by atoms with van der Waals surface area (Å²) in [6.07, 6.45) is 4.94. The Kier molecular flexibility index (Phi) is 12.9. The van der Waals surface area contributed by atoms with Crippen LogP contribution in [0.25, 0.3) is 0 Å². The standard InChI is InChI=1S/C17H35N3O2/c1-14(2)13-17(22)20-10-7-5-6-9-16(21)19-12-8-11-18-15(3)4/h14-15,18H,5-13H2,1-4H3,(H,19,21)(H,20,22). The fraction of sp³-hybridized carbons (Fsp3) is 0.882. The SMILES string of the molecule is CC(C)CC(=O)NCCCCCC(=O)NCCCNC(C)C. The second kappa shape index (κ2) is 13.6. The van der Waals surface area contributed by atoms with E-state index in [2.05, 4.69) is 29.8 Å². The van der Waals surface area contributed by atoms with Crippen molar-refractivity contribution in [3.8, 4) is 0 Å². The summed E-state index contributed by atoms with van der Waals surface area (Å²) in [4.78, 5) is 23.0. The monoisotopic (exact) mass is 313 g/mol. The van der Waals surface area contributed by atoms with Crippen LogP contribution < -0.4 is 16.0 Å². The molecule has 0 aromatic rings. The largest absolute Gasteiger partial charge is 0.356 e. The maximum Gasteiger partial charge on any atom is 0.220 e. The second-order valence-corrected chi connectivity index (χ2v) is 6.57. The average molecular weight is 313 g/mol. The molecule has 22 heavy (non-hydrogen) atoms. The number of unbranched alkanes of at least 4 members (excludes halogenated alkanes) is 2. The highest BCUT2D eigenvalue weighted by Gasteiger charge is 2.04. The van der Waals surface area contributed by atoms with Crippen LogP contribution in [0.1, 0.15) is 66.2 Å². The first-order chi connectivity index (χ1) is 10.4. The van der Waals surface area contributed by atoms with Crippen molar-refractivity contribution in [1.82, 2.24) is 16.0 Å². The Morgan fingerprint density at radius 1 is 0.773 bits per heavy atom. The molecule has 0 saturated heterocycles. The molecule has 0 atom stereocenters. The first-order valence-electron chi connectivity index (χ1n) is 8.68. The maximum absolute atomic E-state index is 11.6. The smallest absolute Gasteiger partial charge is 0.220 e. The lowest BCUT2D eigenvalue weighted by molar-refractivity contribution is -0.122. The fourth-order valence-electron chi connectivity index (χ4n) is 2.05. The van der Waals surface area contributed by atoms with Crippen molar-refractivity contribution in [3.63, 3.8) is 0 Å². The van der Waals surface area contributed by atoms with Gasteiger partial charge in [0.2, 0.25) is 11.8 Å². The molecule has 2 amide bonds. The van der Waals surface area contributed by atoms with E-state index in [-0.39, 0.29) is 11.8 Å². The minimum Gasteiger partial charge on any atom is -0.356 e. The van der Waals surface area contributed by atoms with Gasteiger partial charge in [-0.3, -0.25) is 9.59 Å². The molecule has 0 aromatic heterocycles. The van der Waals surface area contributed by atoms with Gasteiger partial charge in [0.15, 0.2) is 0 Å². The van der Waals surface area contributed by atoms with Gasteiger partial charge in [0.05, 0.1) is 0 Å². The van der Waals surface area contributed by atoms with E-state index in [9.17, 15) is 9.59 Å². The van der Waals surface area contributed by atoms with E-state index in [1.807, 2.05) is 13.8 Å². The number of hydrogen-bond donors (Lipinski definition) is 3. The lowest BCUT2D eigenvalue weighted by Gasteiger charge is -2.09. The Balaban J connectivity index is 3.33. The maximum atomic E-state index is 11.6. The summed E-state index contributed by atoms with van der Waals surface area (Å²) >= 11 is 0. The van der Waals surface area contributed by atoms with Gasteiger partial charge in [-0.2, -0.15) is 0 Å². The minimum atomic E-state index is 0.128. The Labute approximate surface area is 136 Å². The van der Waals surface area contributed by atoms with Crippen molar-refractivity contribution in [2.24, 2.45) is 5.92 Å². The number of nitrogens with one attached hydrogen (secondary N) is 3. The number of hydrogen-bond acceptors (Lipinski definition) is 3. The van der Waals surface area contributed by atoms with Crippen molar-refractivity contribution in [3.05, 3.63) is 0 Å². The molecule has 0 saturated carbocycles. The first-order valence-corrected chi connectivity index (χ1v) is 8.68. The Morgan fingerprint density at radius 3 is 2.05 bits per heavy atom. The van der Waals surface area contributed by atoms with Gasteiger partial charge in [0.1, 0.15) is 0 Å². The van der Waals surface area contributed by atoms with Crippen LogP contribution in [0.3, 0.4) is 0 Å². The fourth-order valence-corrected chi connectivity index (χ4v) is 2.05. The van der Waals surface area contributed by atoms with Gasteiger partial charge < -0.3 is 16.0 Å². The van der Waals surface area contributed by atoms with Gasteiger partial charge in [-0.1, -0.05) is 34.1 Å². The van der Waals surface area contributed by atoms with Crippen LogP contribution in [0.5, 0.6) is 0 Å². The zero-order chi connectivity index (χ0) is 16.8. The second-order valence-electron chi connectivity index (χ2n) is 6.57. The van der Waals surface area contributed by atoms with Gasteiger partial charge in [-0.05, 0) is 31.7 Å². The molecule has 0 aliphatic carbocycles. The van der Waals surface area contributed by atoms with Gasteiger partial charge >= 0.3 is 0 Å². The zero-order valence-electron chi connectivity index (χ0n) is 14.8. The molecule has 0 heterocycles. The molecular weight excluding hydrogens is 278 g/mol. The summed E-state index contributed by atoms with van der Waals surface area (Å²) < 4.78 is 0. The van der Waals surface area contributed by atoms with E-state index in [1.54, 1.807) is 0 Å². The van der Waals surface area contributed by atoms with Gasteiger partial charge in [0, 0.05) is 32.0 Å². The summed E-state index contributed by atoms with van der Waals surface area (Å²) in [7, 11) is 0. The van der Waals surface area contributed by atoms with E-state index in [1.165, 1.54) is 0 Å². The number of amides is 2. The van der Waals surface area contributed by atoms with Gasteiger partial charge in [-0.25, -0.2) is 0 Å². The minimum absolute atomic E-state index is 0.128. The number of carbonyl (C=O) groups is 2. The number of rotatable bonds is 13. The van der Waals surface area contributed by atoms with Gasteiger partial charge in [-0.15, -0.1) is 0 Å². The Bertz CT molecular complexity index is 304. The van der Waals surface area contributed by atoms with Crippen molar-refractivity contribution >= 4 is 11.8 Å². The molecule has 0 bridgehead atoms. The molecule has 0 radical (unpaired) electrons. The van der Waals surface area contributed by atoms with E-state index in [0.717, 1.165) is 38.8 Å². The Morgan fingerprint density at radius 2 is 1.41 bits per heavy atom. The summed E-state index contributed by atoms with van der Waals surface area (Å²) in [6, 6.07) is 0.497. The van der Waals surface area contributed by atoms with Crippen LogP contribution >= 0.6 is 0 Å². The molecule has 0 aliphatic rings. The molecule has 0 unspecified atom stereocenters. The van der Waals surface area contributed by atoms with Crippen LogP contribution in [0.15, 0.2) is 0 Å². The molecule has 0 rings (SSSR count). The van der Waals surface area contributed by atoms with Crippen LogP contribution in [0.2, 0.25) is 0 Å². The first kappa shape index (κ1) is 20.9. The highest BCUT2D eigenvalue weighted by molar-refractivity contribution is 5.76. The molecule has 0 spiro atoms. The van der Waals surface area contributed by atoms with Crippen molar-refractivity contribution in [2.45, 2.75) is 72.3 Å². The molecule has 3 N–H and O–H groups in total. The van der Waals surface area contributed by atoms with Crippen molar-refractivity contribution < 1.29 is 9.59 Å². The van der Waals surface area contributed by atoms with E-state index < -0.39 is 0 Å². The third-order valence-corrected chi connectivity index (χ3v) is 3.22. The summed E-state index contributed by atoms with van der Waals surface area (Å²) in [5, 5.41) is 9.17. The van der Waals surface area contributed by atoms with Crippen molar-refractivity contribution in [2.75, 3.05) is 19.6 Å². The highest BCUT2D eigenvalue weighted by atomic mass is 16.2. The molecule has 5 heteroatoms. The third-order valence-electron chi connectivity index (χ3n) is 3.22. The van der Waals surface area contributed by atoms with Crippen LogP contribution in [0, 0.1) is 5.92 Å². The quantitative estimate of drug-likeness (QED) is 0.457. The summed E-state index contributed by atoms with van der Waals surface area (Å²) in [5.41, 5.74) is 0. The average Bonchev–Trinajstić information content (AvgIpc) is 2.41. The van der Waals surface area contributed by atoms with Gasteiger partial charge in [0.25, 0.3) is 0 Å². The molecular formula is C17H35N3O2. The molecule has 0 fully saturated rings. The van der Waals surface area contributed by atoms with E-state index in [4.69, 9.17) is 0 Å². The van der Waals surface area contributed by atoms with Crippen LogP contribution in [-0.2, 0) is 9.59 Å². The predicted molar refractivity (Wildman–Crippen MR) is 91.7 cm³/mol. The number of carbonyl (C=O) groups excluding carboxylic acids is 2. The molecule has 130 valence electrons. The van der Waals surface area contributed by atoms with Crippen molar-refractivity contribution in [1.29, 1.82) is 0 Å². The van der Waals surface area contributed by atoms with E-state index >= 15 is 0 Å². The van der Waals surface area contributed by atoms with E-state index in [0.29, 0.717) is 31.3 Å². The highest BCUT2D eigenvalue weighted by Crippen LogP contribution is 2.01. The predicted octanol–water partition coefficient (Wildman–Crippen LogP) is 2.21. The van der Waals surface area contributed by atoms with Crippen LogP contribution in [-0.4, -0.2) is 37.5 Å². The topological polar surface area (TPSA) is 70.2 Å². The third kappa shape index (κ3) is 15.3.